The van der Waals surface area contributed by atoms with E-state index >= 15 is 0 Å². The Bertz CT molecular complexity index is 573. The summed E-state index contributed by atoms with van der Waals surface area (Å²) in [5.41, 5.74) is -1.39. The van der Waals surface area contributed by atoms with Gasteiger partial charge in [-0.15, -0.1) is 0 Å². The van der Waals surface area contributed by atoms with Gasteiger partial charge in [0.1, 0.15) is 11.5 Å². The number of methoxy groups -OCH3 is 3. The Morgan fingerprint density at radius 2 is 1.87 bits per heavy atom. The van der Waals surface area contributed by atoms with Gasteiger partial charge in [0.25, 0.3) is 0 Å². The molecule has 2 aliphatic carbocycles. The number of rotatable bonds is 4. The number of hydrogen-bond acceptors (Lipinski definition) is 7. The molecule has 0 aliphatic heterocycles. The number of allylic oxidation sites excluding steroid dienone is 1. The fourth-order valence-corrected chi connectivity index (χ4v) is 3.46. The van der Waals surface area contributed by atoms with E-state index < -0.39 is 40.9 Å². The molecule has 0 amide bonds. The average Bonchev–Trinajstić information content (AvgIpc) is 2.54. The van der Waals surface area contributed by atoms with Gasteiger partial charge in [-0.1, -0.05) is 12.2 Å². The second kappa shape index (κ2) is 6.25. The van der Waals surface area contributed by atoms with Gasteiger partial charge in [-0.2, -0.15) is 0 Å². The summed E-state index contributed by atoms with van der Waals surface area (Å²) < 4.78 is 21.0. The summed E-state index contributed by atoms with van der Waals surface area (Å²) in [5, 5.41) is 0. The third-order valence-electron chi connectivity index (χ3n) is 4.48. The number of carbonyl (C=O) groups is 3. The molecule has 0 saturated carbocycles. The van der Waals surface area contributed by atoms with E-state index in [0.29, 0.717) is 6.42 Å². The first-order valence-electron chi connectivity index (χ1n) is 7.15. The summed E-state index contributed by atoms with van der Waals surface area (Å²) in [4.78, 5) is 36.5. The Morgan fingerprint density at radius 1 is 1.22 bits per heavy atom. The summed E-state index contributed by atoms with van der Waals surface area (Å²) in [5.74, 6) is -3.96. The van der Waals surface area contributed by atoms with Crippen molar-refractivity contribution in [3.8, 4) is 0 Å². The lowest BCUT2D eigenvalue weighted by molar-refractivity contribution is -0.252. The van der Waals surface area contributed by atoms with Gasteiger partial charge in [-0.05, 0) is 18.6 Å². The lowest BCUT2D eigenvalue weighted by atomic mass is 9.60. The highest BCUT2D eigenvalue weighted by Crippen LogP contribution is 2.51. The number of fused-ring (bicyclic) bond motifs is 1. The van der Waals surface area contributed by atoms with Gasteiger partial charge in [0.15, 0.2) is 0 Å². The Hall–Kier alpha value is -1.99. The molecule has 0 N–H and O–H groups in total. The molecule has 0 bridgehead atoms. The molecule has 0 fully saturated rings. The number of carbonyl (C=O) groups excluding carboxylic acids is 3. The summed E-state index contributed by atoms with van der Waals surface area (Å²) in [6.07, 6.45) is 5.41. The van der Waals surface area contributed by atoms with Crippen molar-refractivity contribution in [3.63, 3.8) is 0 Å². The molecular weight excluding hydrogens is 304 g/mol. The van der Waals surface area contributed by atoms with Crippen LogP contribution in [0.2, 0.25) is 0 Å². The van der Waals surface area contributed by atoms with Crippen molar-refractivity contribution in [2.75, 3.05) is 21.3 Å². The molecule has 0 unspecified atom stereocenters. The monoisotopic (exact) mass is 324 g/mol. The van der Waals surface area contributed by atoms with Gasteiger partial charge in [0, 0.05) is 27.1 Å². The second-order valence-corrected chi connectivity index (χ2v) is 5.44. The minimum atomic E-state index is -1.65. The average molecular weight is 324 g/mol. The van der Waals surface area contributed by atoms with E-state index in [-0.39, 0.29) is 0 Å². The molecule has 7 nitrogen and oxygen atoms in total. The molecule has 0 aromatic heterocycles. The van der Waals surface area contributed by atoms with Crippen LogP contribution in [0.15, 0.2) is 24.3 Å². The Labute approximate surface area is 134 Å². The molecule has 0 spiro atoms. The van der Waals surface area contributed by atoms with Crippen molar-refractivity contribution in [2.45, 2.75) is 25.2 Å². The molecule has 2 rings (SSSR count). The number of ketones is 1. The fraction of sp³-hybridized carbons (Fsp3) is 0.562. The topological polar surface area (TPSA) is 88.1 Å². The summed E-state index contributed by atoms with van der Waals surface area (Å²) in [6.45, 7) is 1.25. The molecule has 0 aromatic carbocycles. The van der Waals surface area contributed by atoms with Gasteiger partial charge < -0.3 is 18.9 Å². The van der Waals surface area contributed by atoms with Crippen LogP contribution in [0, 0.1) is 11.3 Å². The second-order valence-electron chi connectivity index (χ2n) is 5.44. The van der Waals surface area contributed by atoms with Crippen LogP contribution in [0.5, 0.6) is 0 Å². The van der Waals surface area contributed by atoms with Gasteiger partial charge in [0.2, 0.25) is 11.6 Å². The quantitative estimate of drug-likeness (QED) is 0.429. The maximum absolute atomic E-state index is 12.6. The third-order valence-corrected chi connectivity index (χ3v) is 4.48. The highest BCUT2D eigenvalue weighted by atomic mass is 16.7. The third kappa shape index (κ3) is 2.40. The van der Waals surface area contributed by atoms with Gasteiger partial charge >= 0.3 is 11.9 Å². The molecule has 0 aromatic rings. The first-order valence-corrected chi connectivity index (χ1v) is 7.15. The van der Waals surface area contributed by atoms with Crippen LogP contribution >= 0.6 is 0 Å². The lowest BCUT2D eigenvalue weighted by Crippen LogP contribution is -2.64. The van der Waals surface area contributed by atoms with Crippen LogP contribution < -0.4 is 0 Å². The zero-order valence-electron chi connectivity index (χ0n) is 13.5. The van der Waals surface area contributed by atoms with Gasteiger partial charge in [-0.3, -0.25) is 14.4 Å². The Balaban J connectivity index is 2.67. The molecule has 0 radical (unpaired) electrons. The van der Waals surface area contributed by atoms with Crippen LogP contribution in [0.3, 0.4) is 0 Å². The van der Waals surface area contributed by atoms with Crippen molar-refractivity contribution < 1.29 is 33.3 Å². The van der Waals surface area contributed by atoms with E-state index in [9.17, 15) is 14.4 Å². The molecule has 23 heavy (non-hydrogen) atoms. The van der Waals surface area contributed by atoms with Gasteiger partial charge in [0.05, 0.1) is 7.11 Å². The molecule has 126 valence electrons. The zero-order chi connectivity index (χ0) is 17.3. The van der Waals surface area contributed by atoms with Crippen molar-refractivity contribution >= 4 is 17.7 Å². The molecular formula is C16H20O7. The minimum absolute atomic E-state index is 0.324. The fourth-order valence-electron chi connectivity index (χ4n) is 3.46. The van der Waals surface area contributed by atoms with Gasteiger partial charge in [-0.25, -0.2) is 0 Å². The van der Waals surface area contributed by atoms with E-state index in [2.05, 4.69) is 0 Å². The Kier molecular flexibility index (Phi) is 4.72. The molecule has 0 saturated heterocycles. The van der Waals surface area contributed by atoms with Crippen LogP contribution in [0.1, 0.15) is 13.3 Å². The van der Waals surface area contributed by atoms with Crippen molar-refractivity contribution in [2.24, 2.45) is 11.3 Å². The Morgan fingerprint density at radius 3 is 2.39 bits per heavy atom. The molecule has 7 heteroatoms. The van der Waals surface area contributed by atoms with E-state index in [0.717, 1.165) is 0 Å². The van der Waals surface area contributed by atoms with Crippen molar-refractivity contribution in [1.29, 1.82) is 0 Å². The number of ether oxygens (including phenoxy) is 4. The highest BCUT2D eigenvalue weighted by molar-refractivity contribution is 6.00. The van der Waals surface area contributed by atoms with Crippen LogP contribution in [0.4, 0.5) is 0 Å². The molecule has 3 atom stereocenters. The molecule has 2 aliphatic rings. The lowest BCUT2D eigenvalue weighted by Gasteiger charge is -2.50. The van der Waals surface area contributed by atoms with Crippen molar-refractivity contribution in [3.05, 3.63) is 24.3 Å². The summed E-state index contributed by atoms with van der Waals surface area (Å²) in [7, 11) is 3.91. The molecule has 0 heterocycles. The first-order chi connectivity index (χ1) is 10.9. The zero-order valence-corrected chi connectivity index (χ0v) is 13.5. The van der Waals surface area contributed by atoms with Crippen LogP contribution in [0.25, 0.3) is 0 Å². The largest absolute Gasteiger partial charge is 0.468 e. The SMILES string of the molecule is COC(=O)[C@]12C=CC(=O)C(OC)(OC)[C@H]1CC=C[C@H]2OC(C)=O. The summed E-state index contributed by atoms with van der Waals surface area (Å²) >= 11 is 0. The smallest absolute Gasteiger partial charge is 0.320 e. The maximum atomic E-state index is 12.6. The maximum Gasteiger partial charge on any atom is 0.320 e. The van der Waals surface area contributed by atoms with E-state index in [1.807, 2.05) is 0 Å². The normalized spacial score (nSPS) is 31.4. The predicted octanol–water partition coefficient (Wildman–Crippen LogP) is 0.782. The van der Waals surface area contributed by atoms with E-state index in [1.165, 1.54) is 40.4 Å². The van der Waals surface area contributed by atoms with Crippen molar-refractivity contribution in [1.82, 2.24) is 0 Å². The van der Waals surface area contributed by atoms with E-state index in [1.54, 1.807) is 12.2 Å². The first kappa shape index (κ1) is 17.4. The summed E-state index contributed by atoms with van der Waals surface area (Å²) in [6, 6.07) is 0. The predicted molar refractivity (Wildman–Crippen MR) is 78.1 cm³/mol. The van der Waals surface area contributed by atoms with E-state index in [4.69, 9.17) is 18.9 Å². The number of esters is 2. The van der Waals surface area contributed by atoms with Crippen LogP contribution in [-0.4, -0.2) is 50.9 Å². The minimum Gasteiger partial charge on any atom is -0.468 e. The standard InChI is InChI=1S/C16H20O7/c1-10(17)23-13-7-5-6-11-15(13,14(19)20-2)9-8-12(18)16(11,21-3)22-4/h5,7-9,11,13H,6H2,1-4H3/t11-,13+,15+/m0/s1. The van der Waals surface area contributed by atoms with Crippen LogP contribution in [-0.2, 0) is 33.3 Å². The highest BCUT2D eigenvalue weighted by Gasteiger charge is 2.65. The number of hydrogen-bond donors (Lipinski definition) is 0.